The molecule has 0 amide bonds. The highest BCUT2D eigenvalue weighted by molar-refractivity contribution is 7.52. The summed E-state index contributed by atoms with van der Waals surface area (Å²) in [5.41, 5.74) is 0.514. The standard InChI is InChI=1S/C26H22ClN2O7P/c1-18(26(30)34-17-19-8-3-2-4-9-19)28-37(33,36-25-15-14-21(29(31)32)16-23(25)27)35-24-13-7-11-20-10-5-6-12-22(20)24/h2-16,18H,17H2,1H3,(H,28,33)/t18-,37?/m0/s1. The zero-order valence-electron chi connectivity index (χ0n) is 19.6. The van der Waals surface area contributed by atoms with Gasteiger partial charge < -0.3 is 13.8 Å². The minimum absolute atomic E-state index is 0.0230. The Kier molecular flexibility index (Phi) is 8.08. The van der Waals surface area contributed by atoms with Crippen LogP contribution in [0.1, 0.15) is 12.5 Å². The van der Waals surface area contributed by atoms with E-state index in [1.807, 2.05) is 36.4 Å². The number of non-ortho nitro benzene ring substituents is 1. The van der Waals surface area contributed by atoms with Crippen molar-refractivity contribution in [2.24, 2.45) is 0 Å². The summed E-state index contributed by atoms with van der Waals surface area (Å²) in [5.74, 6) is -0.589. The molecule has 0 heterocycles. The molecule has 0 saturated carbocycles. The molecule has 4 aromatic carbocycles. The fourth-order valence-electron chi connectivity index (χ4n) is 3.43. The summed E-state index contributed by atoms with van der Waals surface area (Å²) in [5, 5.41) is 15.0. The summed E-state index contributed by atoms with van der Waals surface area (Å²) in [6.07, 6.45) is 0. The van der Waals surface area contributed by atoms with Gasteiger partial charge in [-0.3, -0.25) is 14.9 Å². The average molecular weight is 541 g/mol. The van der Waals surface area contributed by atoms with Gasteiger partial charge in [-0.1, -0.05) is 78.3 Å². The molecular weight excluding hydrogens is 519 g/mol. The van der Waals surface area contributed by atoms with Gasteiger partial charge in [0.2, 0.25) is 0 Å². The first-order valence-corrected chi connectivity index (χ1v) is 13.1. The van der Waals surface area contributed by atoms with E-state index in [9.17, 15) is 19.5 Å². The molecule has 2 atom stereocenters. The Labute approximate surface area is 217 Å². The summed E-state index contributed by atoms with van der Waals surface area (Å²) in [6, 6.07) is 23.9. The molecular formula is C26H22ClN2O7P. The Balaban J connectivity index is 1.60. The maximum absolute atomic E-state index is 14.0. The molecule has 37 heavy (non-hydrogen) atoms. The smallest absolute Gasteiger partial charge is 0.460 e. The van der Waals surface area contributed by atoms with Crippen molar-refractivity contribution >= 4 is 41.8 Å². The van der Waals surface area contributed by atoms with Gasteiger partial charge in [0.15, 0.2) is 5.75 Å². The van der Waals surface area contributed by atoms with E-state index in [1.54, 1.807) is 36.4 Å². The molecule has 9 nitrogen and oxygen atoms in total. The van der Waals surface area contributed by atoms with Gasteiger partial charge in [0.25, 0.3) is 5.69 Å². The molecule has 0 aliphatic heterocycles. The van der Waals surface area contributed by atoms with Crippen LogP contribution in [0.15, 0.2) is 91.0 Å². The second-order valence-corrected chi connectivity index (χ2v) is 10.00. The predicted molar refractivity (Wildman–Crippen MR) is 140 cm³/mol. The van der Waals surface area contributed by atoms with Gasteiger partial charge in [-0.05, 0) is 30.0 Å². The molecule has 0 aliphatic carbocycles. The van der Waals surface area contributed by atoms with Gasteiger partial charge in [-0.25, -0.2) is 4.57 Å². The molecule has 0 aromatic heterocycles. The van der Waals surface area contributed by atoms with Gasteiger partial charge in [0.05, 0.1) is 9.95 Å². The van der Waals surface area contributed by atoms with E-state index < -0.39 is 24.7 Å². The minimum atomic E-state index is -4.34. The normalized spacial score (nSPS) is 13.4. The molecule has 0 aliphatic rings. The van der Waals surface area contributed by atoms with E-state index in [2.05, 4.69) is 5.09 Å². The molecule has 190 valence electrons. The minimum Gasteiger partial charge on any atom is -0.460 e. The van der Waals surface area contributed by atoms with Gasteiger partial charge >= 0.3 is 13.7 Å². The van der Waals surface area contributed by atoms with Crippen molar-refractivity contribution in [3.8, 4) is 11.5 Å². The zero-order chi connectivity index (χ0) is 26.4. The number of carbonyl (C=O) groups is 1. The van der Waals surface area contributed by atoms with Crippen molar-refractivity contribution in [1.82, 2.24) is 5.09 Å². The van der Waals surface area contributed by atoms with Crippen LogP contribution >= 0.6 is 19.3 Å². The van der Waals surface area contributed by atoms with E-state index in [-0.39, 0.29) is 28.8 Å². The summed E-state index contributed by atoms with van der Waals surface area (Å²) in [7, 11) is -4.34. The molecule has 0 bridgehead atoms. The van der Waals surface area contributed by atoms with E-state index in [4.69, 9.17) is 25.4 Å². The second-order valence-electron chi connectivity index (χ2n) is 7.97. The zero-order valence-corrected chi connectivity index (χ0v) is 21.2. The number of benzene rings is 4. The lowest BCUT2D eigenvalue weighted by molar-refractivity contribution is -0.384. The highest BCUT2D eigenvalue weighted by Crippen LogP contribution is 2.48. The van der Waals surface area contributed by atoms with Crippen molar-refractivity contribution < 1.29 is 28.1 Å². The average Bonchev–Trinajstić information content (AvgIpc) is 2.89. The highest BCUT2D eigenvalue weighted by Gasteiger charge is 2.35. The van der Waals surface area contributed by atoms with Crippen LogP contribution in [-0.2, 0) is 20.7 Å². The maximum atomic E-state index is 14.0. The lowest BCUT2D eigenvalue weighted by Gasteiger charge is -2.24. The third-order valence-corrected chi connectivity index (χ3v) is 7.12. The lowest BCUT2D eigenvalue weighted by Crippen LogP contribution is -2.35. The molecule has 0 fully saturated rings. The van der Waals surface area contributed by atoms with E-state index in [1.165, 1.54) is 13.0 Å². The van der Waals surface area contributed by atoms with Crippen LogP contribution in [0.4, 0.5) is 5.69 Å². The Morgan fingerprint density at radius 3 is 2.38 bits per heavy atom. The number of fused-ring (bicyclic) bond motifs is 1. The number of nitrogens with zero attached hydrogens (tertiary/aromatic N) is 1. The number of hydrogen-bond acceptors (Lipinski definition) is 7. The highest BCUT2D eigenvalue weighted by atomic mass is 35.5. The molecule has 0 saturated heterocycles. The number of rotatable bonds is 10. The molecule has 11 heteroatoms. The van der Waals surface area contributed by atoms with E-state index in [0.29, 0.717) is 5.39 Å². The van der Waals surface area contributed by atoms with Gasteiger partial charge in [-0.15, -0.1) is 0 Å². The van der Waals surface area contributed by atoms with Crippen LogP contribution in [0, 0.1) is 10.1 Å². The lowest BCUT2D eigenvalue weighted by atomic mass is 10.1. The summed E-state index contributed by atoms with van der Waals surface area (Å²) < 4.78 is 30.9. The monoisotopic (exact) mass is 540 g/mol. The predicted octanol–water partition coefficient (Wildman–Crippen LogP) is 6.69. The van der Waals surface area contributed by atoms with Crippen LogP contribution in [0.3, 0.4) is 0 Å². The molecule has 0 spiro atoms. The van der Waals surface area contributed by atoms with Gasteiger partial charge in [0.1, 0.15) is 18.4 Å². The first kappa shape index (κ1) is 26.2. The maximum Gasteiger partial charge on any atom is 0.513 e. The second kappa shape index (κ2) is 11.4. The van der Waals surface area contributed by atoms with Crippen LogP contribution in [-0.4, -0.2) is 16.9 Å². The van der Waals surface area contributed by atoms with Crippen LogP contribution < -0.4 is 14.1 Å². The third kappa shape index (κ3) is 6.65. The molecule has 0 radical (unpaired) electrons. The van der Waals surface area contributed by atoms with Gasteiger partial charge in [0, 0.05) is 17.5 Å². The van der Waals surface area contributed by atoms with Crippen LogP contribution in [0.2, 0.25) is 5.02 Å². The van der Waals surface area contributed by atoms with Crippen LogP contribution in [0.5, 0.6) is 11.5 Å². The number of hydrogen-bond donors (Lipinski definition) is 1. The van der Waals surface area contributed by atoms with Crippen molar-refractivity contribution in [3.05, 3.63) is 112 Å². The van der Waals surface area contributed by atoms with Crippen molar-refractivity contribution in [2.75, 3.05) is 0 Å². The molecule has 4 aromatic rings. The number of nitro groups is 1. The van der Waals surface area contributed by atoms with E-state index >= 15 is 0 Å². The number of halogens is 1. The molecule has 1 N–H and O–H groups in total. The number of carbonyl (C=O) groups excluding carboxylic acids is 1. The van der Waals surface area contributed by atoms with Crippen molar-refractivity contribution in [3.63, 3.8) is 0 Å². The Hall–Kier alpha value is -3.91. The number of nitrogens with one attached hydrogen (secondary N) is 1. The van der Waals surface area contributed by atoms with Gasteiger partial charge in [-0.2, -0.15) is 5.09 Å². The summed E-state index contributed by atoms with van der Waals surface area (Å²) >= 11 is 6.17. The molecule has 1 unspecified atom stereocenters. The summed E-state index contributed by atoms with van der Waals surface area (Å²) in [6.45, 7) is 1.47. The fraction of sp³-hybridized carbons (Fsp3) is 0.115. The number of nitro benzene ring substituents is 1. The molecule has 4 rings (SSSR count). The van der Waals surface area contributed by atoms with Crippen molar-refractivity contribution in [1.29, 1.82) is 0 Å². The van der Waals surface area contributed by atoms with Crippen molar-refractivity contribution in [2.45, 2.75) is 19.6 Å². The first-order valence-electron chi connectivity index (χ1n) is 11.1. The Bertz CT molecular complexity index is 1480. The van der Waals surface area contributed by atoms with E-state index in [0.717, 1.165) is 23.1 Å². The number of ether oxygens (including phenoxy) is 1. The summed E-state index contributed by atoms with van der Waals surface area (Å²) in [4.78, 5) is 23.1. The number of esters is 1. The first-order chi connectivity index (χ1) is 17.7. The fourth-order valence-corrected chi connectivity index (χ4v) is 5.25. The Morgan fingerprint density at radius 1 is 0.973 bits per heavy atom. The quantitative estimate of drug-likeness (QED) is 0.102. The topological polar surface area (TPSA) is 117 Å². The third-order valence-electron chi connectivity index (χ3n) is 5.24. The Morgan fingerprint density at radius 2 is 1.65 bits per heavy atom. The van der Waals surface area contributed by atoms with Crippen LogP contribution in [0.25, 0.3) is 10.8 Å². The SMILES string of the molecule is C[C@H](NP(=O)(Oc1ccc([N+](=O)[O-])cc1Cl)Oc1cccc2ccccc12)C(=O)OCc1ccccc1. The largest absolute Gasteiger partial charge is 0.513 e.